The van der Waals surface area contributed by atoms with Crippen LogP contribution in [0.15, 0.2) is 29.3 Å². The Morgan fingerprint density at radius 2 is 2.00 bits per heavy atom. The van der Waals surface area contributed by atoms with E-state index in [1.54, 1.807) is 0 Å². The van der Waals surface area contributed by atoms with Crippen molar-refractivity contribution >= 4 is 39.8 Å². The molecule has 28 heavy (non-hydrogen) atoms. The third-order valence-corrected chi connectivity index (χ3v) is 6.86. The van der Waals surface area contributed by atoms with Crippen molar-refractivity contribution in [2.24, 2.45) is 4.99 Å². The molecule has 1 saturated carbocycles. The molecule has 0 aromatic heterocycles. The maximum Gasteiger partial charge on any atom is 0.191 e. The molecule has 0 spiro atoms. The highest BCUT2D eigenvalue weighted by Gasteiger charge is 2.28. The fourth-order valence-electron chi connectivity index (χ4n) is 3.69. The number of rotatable bonds is 6. The lowest BCUT2D eigenvalue weighted by molar-refractivity contribution is 0.155. The molecule has 1 unspecified atom stereocenters. The minimum absolute atomic E-state index is 0. The monoisotopic (exact) mass is 521 g/mol. The first-order chi connectivity index (χ1) is 13.0. The summed E-state index contributed by atoms with van der Waals surface area (Å²) in [6.45, 7) is 3.26. The summed E-state index contributed by atoms with van der Waals surface area (Å²) >= 11 is 0. The Hall–Kier alpha value is -1.03. The third-order valence-electron chi connectivity index (χ3n) is 5.09. The Bertz CT molecular complexity index is 749. The zero-order chi connectivity index (χ0) is 19.1. The molecular formula is C20H32IN3O3S. The molecule has 2 aliphatic rings. The van der Waals surface area contributed by atoms with Gasteiger partial charge in [-0.15, -0.1) is 24.0 Å². The maximum atomic E-state index is 11.6. The van der Waals surface area contributed by atoms with Gasteiger partial charge in [-0.2, -0.15) is 0 Å². The lowest BCUT2D eigenvalue weighted by atomic mass is 9.98. The third kappa shape index (κ3) is 7.42. The molecule has 6 nitrogen and oxygen atoms in total. The van der Waals surface area contributed by atoms with Gasteiger partial charge in [-0.25, -0.2) is 13.4 Å². The van der Waals surface area contributed by atoms with Gasteiger partial charge in [-0.05, 0) is 56.7 Å². The molecule has 1 aromatic carbocycles. The summed E-state index contributed by atoms with van der Waals surface area (Å²) in [7, 11) is -2.90. The molecule has 0 radical (unpaired) electrons. The van der Waals surface area contributed by atoms with Crippen LogP contribution in [-0.4, -0.2) is 44.6 Å². The van der Waals surface area contributed by atoms with Crippen LogP contribution >= 0.6 is 24.0 Å². The van der Waals surface area contributed by atoms with E-state index < -0.39 is 9.84 Å². The standard InChI is InChI=1S/C20H31N3O3S.HI/c1-2-21-20(23-17-11-12-27(24,25)15-17)22-14-16-7-6-10-19(13-16)26-18-8-4-3-5-9-18;/h6-7,10,13,17-18H,2-5,8-9,11-12,14-15H2,1H3,(H2,21,22,23);1H. The van der Waals surface area contributed by atoms with E-state index in [2.05, 4.69) is 21.7 Å². The molecular weight excluding hydrogens is 489 g/mol. The van der Waals surface area contributed by atoms with Crippen molar-refractivity contribution in [3.05, 3.63) is 29.8 Å². The average molecular weight is 521 g/mol. The topological polar surface area (TPSA) is 79.8 Å². The number of benzene rings is 1. The van der Waals surface area contributed by atoms with Gasteiger partial charge in [-0.3, -0.25) is 0 Å². The number of halogens is 1. The van der Waals surface area contributed by atoms with Crippen molar-refractivity contribution in [1.29, 1.82) is 0 Å². The molecule has 1 saturated heterocycles. The predicted octanol–water partition coefficient (Wildman–Crippen LogP) is 3.26. The number of ether oxygens (including phenoxy) is 1. The van der Waals surface area contributed by atoms with Crippen LogP contribution in [0.1, 0.15) is 51.0 Å². The van der Waals surface area contributed by atoms with Crippen LogP contribution in [0.4, 0.5) is 0 Å². The van der Waals surface area contributed by atoms with E-state index in [0.29, 0.717) is 25.0 Å². The minimum atomic E-state index is -2.90. The molecule has 1 aromatic rings. The summed E-state index contributed by atoms with van der Waals surface area (Å²) in [5.41, 5.74) is 1.08. The second-order valence-corrected chi connectivity index (χ2v) is 9.69. The number of nitrogens with one attached hydrogen (secondary N) is 2. The molecule has 1 heterocycles. The van der Waals surface area contributed by atoms with Crippen LogP contribution in [0.2, 0.25) is 0 Å². The van der Waals surface area contributed by atoms with Crippen molar-refractivity contribution in [3.8, 4) is 5.75 Å². The normalized spacial score (nSPS) is 22.3. The van der Waals surface area contributed by atoms with E-state index in [9.17, 15) is 8.42 Å². The van der Waals surface area contributed by atoms with Crippen molar-refractivity contribution in [2.75, 3.05) is 18.1 Å². The molecule has 1 aliphatic heterocycles. The summed E-state index contributed by atoms with van der Waals surface area (Å²) in [5.74, 6) is 2.01. The molecule has 1 aliphatic carbocycles. The molecule has 3 rings (SSSR count). The van der Waals surface area contributed by atoms with Gasteiger partial charge < -0.3 is 15.4 Å². The summed E-state index contributed by atoms with van der Waals surface area (Å²) in [6, 6.07) is 8.05. The second kappa shape index (κ2) is 11.2. The van der Waals surface area contributed by atoms with Crippen LogP contribution in [0, 0.1) is 0 Å². The van der Waals surface area contributed by atoms with E-state index in [4.69, 9.17) is 4.74 Å². The number of guanidine groups is 1. The molecule has 2 N–H and O–H groups in total. The van der Waals surface area contributed by atoms with E-state index in [0.717, 1.165) is 30.7 Å². The molecule has 2 fully saturated rings. The first-order valence-corrected chi connectivity index (χ1v) is 11.9. The molecule has 1 atom stereocenters. The highest BCUT2D eigenvalue weighted by Crippen LogP contribution is 2.24. The maximum absolute atomic E-state index is 11.6. The van der Waals surface area contributed by atoms with Gasteiger partial charge in [0, 0.05) is 12.6 Å². The van der Waals surface area contributed by atoms with E-state index in [1.165, 1.54) is 19.3 Å². The van der Waals surface area contributed by atoms with Crippen molar-refractivity contribution in [2.45, 2.75) is 64.1 Å². The number of hydrogen-bond acceptors (Lipinski definition) is 4. The van der Waals surface area contributed by atoms with Gasteiger partial charge in [0.25, 0.3) is 0 Å². The summed E-state index contributed by atoms with van der Waals surface area (Å²) < 4.78 is 29.4. The Morgan fingerprint density at radius 3 is 2.68 bits per heavy atom. The smallest absolute Gasteiger partial charge is 0.191 e. The first kappa shape index (κ1) is 23.3. The quantitative estimate of drug-likeness (QED) is 0.342. The fourth-order valence-corrected chi connectivity index (χ4v) is 5.36. The Morgan fingerprint density at radius 1 is 1.21 bits per heavy atom. The summed E-state index contributed by atoms with van der Waals surface area (Å²) in [4.78, 5) is 4.63. The zero-order valence-electron chi connectivity index (χ0n) is 16.5. The average Bonchev–Trinajstić information content (AvgIpc) is 2.99. The number of sulfone groups is 1. The van der Waals surface area contributed by atoms with Gasteiger partial charge in [0.2, 0.25) is 0 Å². The van der Waals surface area contributed by atoms with Crippen LogP contribution in [0.25, 0.3) is 0 Å². The Balaban J connectivity index is 0.00000280. The Labute approximate surface area is 185 Å². The lowest BCUT2D eigenvalue weighted by Gasteiger charge is -2.23. The first-order valence-electron chi connectivity index (χ1n) is 10.0. The molecule has 8 heteroatoms. The van der Waals surface area contributed by atoms with E-state index in [-0.39, 0.29) is 41.5 Å². The number of hydrogen-bond donors (Lipinski definition) is 2. The van der Waals surface area contributed by atoms with Crippen LogP contribution in [-0.2, 0) is 16.4 Å². The van der Waals surface area contributed by atoms with Crippen LogP contribution in [0.5, 0.6) is 5.75 Å². The molecule has 0 amide bonds. The number of nitrogens with zero attached hydrogens (tertiary/aromatic N) is 1. The summed E-state index contributed by atoms with van der Waals surface area (Å²) in [6.07, 6.45) is 7.07. The van der Waals surface area contributed by atoms with Crippen molar-refractivity contribution in [1.82, 2.24) is 10.6 Å². The van der Waals surface area contributed by atoms with Gasteiger partial charge in [0.05, 0.1) is 24.2 Å². The van der Waals surface area contributed by atoms with Gasteiger partial charge in [0.1, 0.15) is 5.75 Å². The van der Waals surface area contributed by atoms with E-state index >= 15 is 0 Å². The highest BCUT2D eigenvalue weighted by molar-refractivity contribution is 14.0. The van der Waals surface area contributed by atoms with E-state index in [1.807, 2.05) is 25.1 Å². The van der Waals surface area contributed by atoms with Gasteiger partial charge >= 0.3 is 0 Å². The van der Waals surface area contributed by atoms with Gasteiger partial charge in [0.15, 0.2) is 15.8 Å². The molecule has 158 valence electrons. The van der Waals surface area contributed by atoms with Crippen molar-refractivity contribution in [3.63, 3.8) is 0 Å². The van der Waals surface area contributed by atoms with Crippen LogP contribution < -0.4 is 15.4 Å². The zero-order valence-corrected chi connectivity index (χ0v) is 19.7. The van der Waals surface area contributed by atoms with Gasteiger partial charge in [-0.1, -0.05) is 18.6 Å². The number of aliphatic imine (C=N–C) groups is 1. The van der Waals surface area contributed by atoms with Crippen molar-refractivity contribution < 1.29 is 13.2 Å². The SMILES string of the molecule is CCNC(=NCc1cccc(OC2CCCCC2)c1)NC1CCS(=O)(=O)C1.I. The fraction of sp³-hybridized carbons (Fsp3) is 0.650. The largest absolute Gasteiger partial charge is 0.490 e. The van der Waals surface area contributed by atoms with Crippen LogP contribution in [0.3, 0.4) is 0 Å². The second-order valence-electron chi connectivity index (χ2n) is 7.46. The predicted molar refractivity (Wildman–Crippen MR) is 124 cm³/mol. The minimum Gasteiger partial charge on any atom is -0.490 e. The highest BCUT2D eigenvalue weighted by atomic mass is 127. The Kier molecular flexibility index (Phi) is 9.33. The molecule has 0 bridgehead atoms. The lowest BCUT2D eigenvalue weighted by Crippen LogP contribution is -2.44. The summed E-state index contributed by atoms with van der Waals surface area (Å²) in [5, 5.41) is 6.45.